The first-order valence-corrected chi connectivity index (χ1v) is 6.51. The Bertz CT molecular complexity index is 876. The highest BCUT2D eigenvalue weighted by Gasteiger charge is 2.07. The van der Waals surface area contributed by atoms with E-state index >= 15 is 0 Å². The molecule has 1 N–H and O–H groups in total. The van der Waals surface area contributed by atoms with Crippen molar-refractivity contribution in [1.82, 2.24) is 4.98 Å². The summed E-state index contributed by atoms with van der Waals surface area (Å²) in [5, 5.41) is 10.1. The van der Waals surface area contributed by atoms with Crippen molar-refractivity contribution in [1.29, 1.82) is 0 Å². The number of hydrogen-bond donors (Lipinski definition) is 1. The van der Waals surface area contributed by atoms with Crippen LogP contribution in [0.15, 0.2) is 57.7 Å². The monoisotopic (exact) mass is 279 g/mol. The van der Waals surface area contributed by atoms with E-state index in [2.05, 4.69) is 4.98 Å². The van der Waals surface area contributed by atoms with E-state index in [9.17, 15) is 9.90 Å². The van der Waals surface area contributed by atoms with Gasteiger partial charge in [0.05, 0.1) is 0 Å². The van der Waals surface area contributed by atoms with Crippen LogP contribution >= 0.6 is 0 Å². The predicted molar refractivity (Wildman–Crippen MR) is 82.0 cm³/mol. The summed E-state index contributed by atoms with van der Waals surface area (Å²) in [5.74, 6) is -0.0231. The van der Waals surface area contributed by atoms with E-state index in [0.29, 0.717) is 16.7 Å². The van der Waals surface area contributed by atoms with Crippen LogP contribution in [0.3, 0.4) is 0 Å². The van der Waals surface area contributed by atoms with Crippen molar-refractivity contribution in [2.24, 2.45) is 0 Å². The van der Waals surface area contributed by atoms with Crippen LogP contribution in [0, 0.1) is 6.92 Å². The van der Waals surface area contributed by atoms with Gasteiger partial charge in [0.15, 0.2) is 11.3 Å². The van der Waals surface area contributed by atoms with Crippen LogP contribution in [0.4, 0.5) is 0 Å². The zero-order valence-electron chi connectivity index (χ0n) is 11.4. The number of aryl methyl sites for hydroxylation is 1. The number of aromatic nitrogens is 1. The molecular formula is C17H13NO3. The molecule has 0 radical (unpaired) electrons. The summed E-state index contributed by atoms with van der Waals surface area (Å²) in [6, 6.07) is 14.3. The fourth-order valence-corrected chi connectivity index (χ4v) is 1.99. The third kappa shape index (κ3) is 2.69. The lowest BCUT2D eigenvalue weighted by Crippen LogP contribution is -2.06. The topological polar surface area (TPSA) is 63.3 Å². The van der Waals surface area contributed by atoms with Crippen molar-refractivity contribution < 1.29 is 9.52 Å². The number of rotatable bonds is 2. The molecule has 0 spiro atoms. The van der Waals surface area contributed by atoms with Crippen molar-refractivity contribution in [3.05, 3.63) is 75.8 Å². The van der Waals surface area contributed by atoms with Gasteiger partial charge in [-0.25, -0.2) is 9.78 Å². The van der Waals surface area contributed by atoms with Gasteiger partial charge in [-0.05, 0) is 19.1 Å². The Labute approximate surface area is 121 Å². The Morgan fingerprint density at radius 3 is 2.62 bits per heavy atom. The zero-order valence-corrected chi connectivity index (χ0v) is 11.4. The van der Waals surface area contributed by atoms with Gasteiger partial charge in [0.25, 0.3) is 0 Å². The zero-order chi connectivity index (χ0) is 14.8. The van der Waals surface area contributed by atoms with Crippen LogP contribution < -0.4 is 5.63 Å². The van der Waals surface area contributed by atoms with Crippen LogP contribution in [0.1, 0.15) is 16.8 Å². The molecule has 2 aromatic carbocycles. The minimum atomic E-state index is -0.577. The van der Waals surface area contributed by atoms with Gasteiger partial charge >= 0.3 is 5.63 Å². The van der Waals surface area contributed by atoms with Gasteiger partial charge in [0, 0.05) is 11.6 Å². The molecule has 4 nitrogen and oxygen atoms in total. The Balaban J connectivity index is 2.07. The summed E-state index contributed by atoms with van der Waals surface area (Å²) < 4.78 is 5.17. The lowest BCUT2D eigenvalue weighted by Gasteiger charge is -2.01. The lowest BCUT2D eigenvalue weighted by atomic mass is 10.1. The van der Waals surface area contributed by atoms with Gasteiger partial charge in [-0.15, -0.1) is 0 Å². The van der Waals surface area contributed by atoms with Crippen LogP contribution in [0.25, 0.3) is 22.9 Å². The largest absolute Gasteiger partial charge is 0.507 e. The molecule has 1 aromatic heterocycles. The smallest absolute Gasteiger partial charge is 0.362 e. The van der Waals surface area contributed by atoms with Crippen LogP contribution in [-0.2, 0) is 0 Å². The summed E-state index contributed by atoms with van der Waals surface area (Å²) in [5.41, 5.74) is 2.21. The molecule has 0 saturated carbocycles. The number of aliphatic hydroxyl groups is 1. The van der Waals surface area contributed by atoms with Crippen LogP contribution in [0.5, 0.6) is 0 Å². The van der Waals surface area contributed by atoms with E-state index < -0.39 is 5.63 Å². The SMILES string of the molecule is Cc1ccc(C(O)=Cc2nc3ccccc3oc2=O)cc1. The first-order chi connectivity index (χ1) is 10.1. The van der Waals surface area contributed by atoms with E-state index in [-0.39, 0.29) is 11.5 Å². The van der Waals surface area contributed by atoms with Gasteiger partial charge < -0.3 is 9.52 Å². The molecule has 0 aliphatic heterocycles. The molecule has 0 atom stereocenters. The van der Waals surface area contributed by atoms with Crippen molar-refractivity contribution in [2.75, 3.05) is 0 Å². The third-order valence-electron chi connectivity index (χ3n) is 3.14. The highest BCUT2D eigenvalue weighted by molar-refractivity contribution is 5.78. The predicted octanol–water partition coefficient (Wildman–Crippen LogP) is 3.55. The van der Waals surface area contributed by atoms with Crippen molar-refractivity contribution >= 4 is 22.9 Å². The Kier molecular flexibility index (Phi) is 3.28. The van der Waals surface area contributed by atoms with Crippen molar-refractivity contribution in [2.45, 2.75) is 6.92 Å². The van der Waals surface area contributed by atoms with Gasteiger partial charge in [0.2, 0.25) is 0 Å². The second-order valence-electron chi connectivity index (χ2n) is 4.75. The molecule has 0 aliphatic carbocycles. The first kappa shape index (κ1) is 13.1. The first-order valence-electron chi connectivity index (χ1n) is 6.51. The Hall–Kier alpha value is -2.88. The summed E-state index contributed by atoms with van der Waals surface area (Å²) in [7, 11) is 0. The summed E-state index contributed by atoms with van der Waals surface area (Å²) in [6.45, 7) is 1.96. The van der Waals surface area contributed by atoms with Gasteiger partial charge in [-0.1, -0.05) is 42.0 Å². The van der Waals surface area contributed by atoms with Gasteiger partial charge in [-0.2, -0.15) is 0 Å². The maximum atomic E-state index is 11.9. The molecule has 1 heterocycles. The number of nitrogens with zero attached hydrogens (tertiary/aromatic N) is 1. The van der Waals surface area contributed by atoms with E-state index in [1.165, 1.54) is 6.08 Å². The van der Waals surface area contributed by atoms with Crippen molar-refractivity contribution in [3.63, 3.8) is 0 Å². The van der Waals surface area contributed by atoms with Gasteiger partial charge in [0.1, 0.15) is 11.3 Å². The molecular weight excluding hydrogens is 266 g/mol. The maximum absolute atomic E-state index is 11.9. The molecule has 3 aromatic rings. The summed E-state index contributed by atoms with van der Waals surface area (Å²) in [6.07, 6.45) is 1.32. The molecule has 4 heteroatoms. The number of benzene rings is 2. The standard InChI is InChI=1S/C17H13NO3/c1-11-6-8-12(9-7-11)15(19)10-14-17(20)21-16-5-3-2-4-13(16)18-14/h2-10,19H,1H3. The molecule has 104 valence electrons. The van der Waals surface area contributed by atoms with Crippen molar-refractivity contribution in [3.8, 4) is 0 Å². The third-order valence-corrected chi connectivity index (χ3v) is 3.14. The summed E-state index contributed by atoms with van der Waals surface area (Å²) in [4.78, 5) is 16.1. The Morgan fingerprint density at radius 1 is 1.14 bits per heavy atom. The highest BCUT2D eigenvalue weighted by atomic mass is 16.4. The van der Waals surface area contributed by atoms with E-state index in [0.717, 1.165) is 5.56 Å². The molecule has 3 rings (SSSR count). The second-order valence-corrected chi connectivity index (χ2v) is 4.75. The Morgan fingerprint density at radius 2 is 1.86 bits per heavy atom. The molecule has 0 amide bonds. The fraction of sp³-hybridized carbons (Fsp3) is 0.0588. The second kappa shape index (κ2) is 5.25. The van der Waals surface area contributed by atoms with E-state index in [1.54, 1.807) is 30.3 Å². The number of fused-ring (bicyclic) bond motifs is 1. The molecule has 0 unspecified atom stereocenters. The number of aliphatic hydroxyl groups excluding tert-OH is 1. The van der Waals surface area contributed by atoms with Crippen LogP contribution in [-0.4, -0.2) is 10.1 Å². The molecule has 0 bridgehead atoms. The quantitative estimate of drug-likeness (QED) is 0.729. The minimum absolute atomic E-state index is 0.0231. The number of para-hydroxylation sites is 2. The maximum Gasteiger partial charge on any atom is 0.362 e. The summed E-state index contributed by atoms with van der Waals surface area (Å²) >= 11 is 0. The normalized spacial score (nSPS) is 11.8. The van der Waals surface area contributed by atoms with Crippen LogP contribution in [0.2, 0.25) is 0 Å². The number of hydrogen-bond acceptors (Lipinski definition) is 4. The minimum Gasteiger partial charge on any atom is -0.507 e. The molecule has 0 fully saturated rings. The molecule has 0 aliphatic rings. The average Bonchev–Trinajstić information content (AvgIpc) is 2.48. The lowest BCUT2D eigenvalue weighted by molar-refractivity contribution is 0.514. The van der Waals surface area contributed by atoms with E-state index in [4.69, 9.17) is 4.42 Å². The molecule has 0 saturated heterocycles. The average molecular weight is 279 g/mol. The highest BCUT2D eigenvalue weighted by Crippen LogP contribution is 2.16. The molecule has 21 heavy (non-hydrogen) atoms. The van der Waals surface area contributed by atoms with Gasteiger partial charge in [-0.3, -0.25) is 0 Å². The fourth-order valence-electron chi connectivity index (χ4n) is 1.99. The van der Waals surface area contributed by atoms with E-state index in [1.807, 2.05) is 25.1 Å².